The Balaban J connectivity index is 1.58. The molecule has 2 aliphatic rings. The Labute approximate surface area is 149 Å². The fourth-order valence-electron chi connectivity index (χ4n) is 4.24. The number of primary amides is 1. The first-order chi connectivity index (χ1) is 12.1. The number of aryl methyl sites for hydroxylation is 1. The number of carbonyl (C=O) groups excluding carboxylic acids is 2. The Kier molecular flexibility index (Phi) is 5.61. The van der Waals surface area contributed by atoms with E-state index in [2.05, 4.69) is 12.1 Å². The van der Waals surface area contributed by atoms with Gasteiger partial charge in [-0.15, -0.1) is 0 Å². The van der Waals surface area contributed by atoms with Gasteiger partial charge in [0.2, 0.25) is 11.8 Å². The number of likely N-dealkylation sites (tertiary alicyclic amines) is 1. The molecule has 1 atom stereocenters. The Hall–Kier alpha value is -2.04. The van der Waals surface area contributed by atoms with E-state index in [1.807, 2.05) is 11.0 Å². The molecule has 0 spiro atoms. The summed E-state index contributed by atoms with van der Waals surface area (Å²) in [4.78, 5) is 25.7. The molecule has 1 saturated heterocycles. The normalized spacial score (nSPS) is 20.8. The van der Waals surface area contributed by atoms with Crippen molar-refractivity contribution < 1.29 is 14.3 Å². The molecule has 1 heterocycles. The van der Waals surface area contributed by atoms with Crippen molar-refractivity contribution in [1.29, 1.82) is 0 Å². The fraction of sp³-hybridized carbons (Fsp3) is 0.600. The number of ether oxygens (including phenoxy) is 1. The molecule has 2 amide bonds. The zero-order valence-electron chi connectivity index (χ0n) is 15.0. The summed E-state index contributed by atoms with van der Waals surface area (Å²) in [6.07, 6.45) is 6.05. The van der Waals surface area contributed by atoms with Crippen molar-refractivity contribution in [3.63, 3.8) is 0 Å². The van der Waals surface area contributed by atoms with Crippen molar-refractivity contribution in [2.24, 2.45) is 11.7 Å². The van der Waals surface area contributed by atoms with Gasteiger partial charge in [0.15, 0.2) is 0 Å². The molecule has 0 saturated carbocycles. The molecule has 1 aromatic rings. The number of carbonyl (C=O) groups is 2. The predicted octanol–water partition coefficient (Wildman–Crippen LogP) is 2.62. The molecule has 0 radical (unpaired) electrons. The van der Waals surface area contributed by atoms with E-state index < -0.39 is 0 Å². The molecule has 0 unspecified atom stereocenters. The number of benzene rings is 1. The van der Waals surface area contributed by atoms with Crippen LogP contribution >= 0.6 is 0 Å². The topological polar surface area (TPSA) is 72.6 Å². The van der Waals surface area contributed by atoms with Crippen LogP contribution in [0.15, 0.2) is 18.2 Å². The van der Waals surface area contributed by atoms with Crippen LogP contribution in [0.2, 0.25) is 0 Å². The van der Waals surface area contributed by atoms with E-state index >= 15 is 0 Å². The molecule has 136 valence electrons. The largest absolute Gasteiger partial charge is 0.497 e. The zero-order valence-corrected chi connectivity index (χ0v) is 15.0. The van der Waals surface area contributed by atoms with Gasteiger partial charge in [0.05, 0.1) is 7.11 Å². The lowest BCUT2D eigenvalue weighted by atomic mass is 9.80. The Bertz CT molecular complexity index is 636. The van der Waals surface area contributed by atoms with Gasteiger partial charge < -0.3 is 15.4 Å². The highest BCUT2D eigenvalue weighted by atomic mass is 16.5. The van der Waals surface area contributed by atoms with Gasteiger partial charge in [-0.3, -0.25) is 9.59 Å². The minimum absolute atomic E-state index is 0.237. The van der Waals surface area contributed by atoms with Crippen molar-refractivity contribution in [1.82, 2.24) is 4.90 Å². The molecule has 1 fully saturated rings. The van der Waals surface area contributed by atoms with Crippen molar-refractivity contribution >= 4 is 11.8 Å². The van der Waals surface area contributed by atoms with Gasteiger partial charge in [-0.1, -0.05) is 6.07 Å². The third kappa shape index (κ3) is 4.33. The van der Waals surface area contributed by atoms with Gasteiger partial charge in [0, 0.05) is 25.9 Å². The third-order valence-electron chi connectivity index (χ3n) is 5.67. The van der Waals surface area contributed by atoms with E-state index in [-0.39, 0.29) is 11.8 Å². The van der Waals surface area contributed by atoms with Crippen molar-refractivity contribution in [3.8, 4) is 5.75 Å². The molecule has 1 aliphatic carbocycles. The van der Waals surface area contributed by atoms with Crippen LogP contribution in [0.3, 0.4) is 0 Å². The molecule has 5 heteroatoms. The molecule has 3 rings (SSSR count). The molecule has 5 nitrogen and oxygen atoms in total. The molecular weight excluding hydrogens is 316 g/mol. The minimum atomic E-state index is -0.237. The van der Waals surface area contributed by atoms with Crippen LogP contribution in [0, 0.1) is 5.92 Å². The van der Waals surface area contributed by atoms with Crippen LogP contribution in [0.1, 0.15) is 55.6 Å². The van der Waals surface area contributed by atoms with Crippen LogP contribution in [-0.4, -0.2) is 36.9 Å². The van der Waals surface area contributed by atoms with E-state index in [0.29, 0.717) is 24.7 Å². The van der Waals surface area contributed by atoms with Gasteiger partial charge in [0.25, 0.3) is 0 Å². The summed E-state index contributed by atoms with van der Waals surface area (Å²) in [5, 5.41) is 0. The highest BCUT2D eigenvalue weighted by molar-refractivity contribution is 5.77. The fourth-order valence-corrected chi connectivity index (χ4v) is 4.24. The van der Waals surface area contributed by atoms with E-state index in [0.717, 1.165) is 50.9 Å². The molecule has 2 N–H and O–H groups in total. The first-order valence-electron chi connectivity index (χ1n) is 9.29. The van der Waals surface area contributed by atoms with E-state index in [1.165, 1.54) is 11.1 Å². The lowest BCUT2D eigenvalue weighted by Gasteiger charge is -2.33. The van der Waals surface area contributed by atoms with Crippen LogP contribution in [0.5, 0.6) is 5.75 Å². The Morgan fingerprint density at radius 3 is 2.64 bits per heavy atom. The Morgan fingerprint density at radius 1 is 1.20 bits per heavy atom. The number of hydrogen-bond donors (Lipinski definition) is 1. The average molecular weight is 344 g/mol. The zero-order chi connectivity index (χ0) is 17.8. The maximum atomic E-state index is 12.7. The monoisotopic (exact) mass is 344 g/mol. The first kappa shape index (κ1) is 17.8. The molecule has 0 aromatic heterocycles. The number of rotatable bonds is 5. The van der Waals surface area contributed by atoms with Crippen molar-refractivity contribution in [2.45, 2.75) is 50.9 Å². The van der Waals surface area contributed by atoms with E-state index in [4.69, 9.17) is 10.5 Å². The molecule has 25 heavy (non-hydrogen) atoms. The summed E-state index contributed by atoms with van der Waals surface area (Å²) in [6.45, 7) is 1.50. The number of hydrogen-bond acceptors (Lipinski definition) is 3. The summed E-state index contributed by atoms with van der Waals surface area (Å²) in [6, 6.07) is 6.24. The van der Waals surface area contributed by atoms with Crippen LogP contribution < -0.4 is 10.5 Å². The number of nitrogens with two attached hydrogens (primary N) is 1. The summed E-state index contributed by atoms with van der Waals surface area (Å²) in [5.74, 6) is 1.54. The highest BCUT2D eigenvalue weighted by Crippen LogP contribution is 2.36. The lowest BCUT2D eigenvalue weighted by molar-refractivity contribution is -0.133. The maximum absolute atomic E-state index is 12.7. The van der Waals surface area contributed by atoms with Crippen LogP contribution in [0.25, 0.3) is 0 Å². The van der Waals surface area contributed by atoms with Gasteiger partial charge in [0.1, 0.15) is 5.75 Å². The van der Waals surface area contributed by atoms with E-state index in [1.54, 1.807) is 7.11 Å². The predicted molar refractivity (Wildman–Crippen MR) is 96.4 cm³/mol. The maximum Gasteiger partial charge on any atom is 0.223 e. The molecule has 0 bridgehead atoms. The SMILES string of the molecule is COc1ccc2c(c1)CCC[C@@H]2CC(=O)N1CCC(CC(N)=O)CC1. The number of piperidine rings is 1. The lowest BCUT2D eigenvalue weighted by Crippen LogP contribution is -2.40. The number of methoxy groups -OCH3 is 1. The summed E-state index contributed by atoms with van der Waals surface area (Å²) < 4.78 is 5.32. The molecular formula is C20H28N2O3. The second-order valence-electron chi connectivity index (χ2n) is 7.35. The minimum Gasteiger partial charge on any atom is -0.497 e. The van der Waals surface area contributed by atoms with Crippen LogP contribution in [-0.2, 0) is 16.0 Å². The first-order valence-corrected chi connectivity index (χ1v) is 9.29. The molecule has 1 aromatic carbocycles. The second kappa shape index (κ2) is 7.89. The number of nitrogens with zero attached hydrogens (tertiary/aromatic N) is 1. The highest BCUT2D eigenvalue weighted by Gasteiger charge is 2.28. The van der Waals surface area contributed by atoms with Crippen molar-refractivity contribution in [2.75, 3.05) is 20.2 Å². The second-order valence-corrected chi connectivity index (χ2v) is 7.35. The van der Waals surface area contributed by atoms with Gasteiger partial charge in [-0.25, -0.2) is 0 Å². The molecule has 1 aliphatic heterocycles. The van der Waals surface area contributed by atoms with Gasteiger partial charge >= 0.3 is 0 Å². The van der Waals surface area contributed by atoms with Crippen molar-refractivity contribution in [3.05, 3.63) is 29.3 Å². The summed E-state index contributed by atoms with van der Waals surface area (Å²) in [7, 11) is 1.69. The van der Waals surface area contributed by atoms with E-state index in [9.17, 15) is 9.59 Å². The Morgan fingerprint density at radius 2 is 1.96 bits per heavy atom. The smallest absolute Gasteiger partial charge is 0.223 e. The van der Waals surface area contributed by atoms with Gasteiger partial charge in [-0.2, -0.15) is 0 Å². The average Bonchev–Trinajstić information content (AvgIpc) is 2.61. The third-order valence-corrected chi connectivity index (χ3v) is 5.67. The number of fused-ring (bicyclic) bond motifs is 1. The summed E-state index contributed by atoms with van der Waals surface area (Å²) in [5.41, 5.74) is 7.91. The number of amides is 2. The standard InChI is InChI=1S/C20H28N2O3/c1-25-17-5-6-18-15(12-17)3-2-4-16(18)13-20(24)22-9-7-14(8-10-22)11-19(21)23/h5-6,12,14,16H,2-4,7-11,13H2,1H3,(H2,21,23)/t16-/m1/s1. The summed E-state index contributed by atoms with van der Waals surface area (Å²) >= 11 is 0. The van der Waals surface area contributed by atoms with Crippen LogP contribution in [0.4, 0.5) is 0 Å². The quantitative estimate of drug-likeness (QED) is 0.892. The van der Waals surface area contributed by atoms with Gasteiger partial charge in [-0.05, 0) is 67.2 Å².